The Kier molecular flexibility index (Phi) is 4.74. The van der Waals surface area contributed by atoms with Gasteiger partial charge in [-0.2, -0.15) is 11.8 Å². The van der Waals surface area contributed by atoms with Crippen molar-refractivity contribution in [3.63, 3.8) is 0 Å². The molecule has 1 N–H and O–H groups in total. The molecular formula is C13H21NS2. The zero-order valence-electron chi connectivity index (χ0n) is 10.2. The largest absolute Gasteiger partial charge is 0.309 e. The fourth-order valence-corrected chi connectivity index (χ4v) is 4.83. The van der Waals surface area contributed by atoms with Gasteiger partial charge in [-0.05, 0) is 44.2 Å². The molecule has 1 aromatic heterocycles. The molecule has 3 heteroatoms. The number of hydrogen-bond donors (Lipinski definition) is 1. The molecule has 1 aromatic rings. The second-order valence-corrected chi connectivity index (χ2v) is 7.06. The number of thioether (sulfide) groups is 1. The third-order valence-corrected chi connectivity index (χ3v) is 5.62. The van der Waals surface area contributed by atoms with Gasteiger partial charge in [0.25, 0.3) is 0 Å². The predicted molar refractivity (Wildman–Crippen MR) is 75.6 cm³/mol. The van der Waals surface area contributed by atoms with Crippen LogP contribution in [0.1, 0.15) is 42.0 Å². The summed E-state index contributed by atoms with van der Waals surface area (Å²) in [5.74, 6) is 1.34. The van der Waals surface area contributed by atoms with Crippen LogP contribution in [0.4, 0.5) is 0 Å². The van der Waals surface area contributed by atoms with Gasteiger partial charge >= 0.3 is 0 Å². The number of rotatable bonds is 4. The molecular weight excluding hydrogens is 234 g/mol. The lowest BCUT2D eigenvalue weighted by Crippen LogP contribution is -2.31. The highest BCUT2D eigenvalue weighted by molar-refractivity contribution is 8.00. The van der Waals surface area contributed by atoms with Gasteiger partial charge in [-0.3, -0.25) is 0 Å². The van der Waals surface area contributed by atoms with Crippen LogP contribution < -0.4 is 5.32 Å². The van der Waals surface area contributed by atoms with E-state index in [9.17, 15) is 0 Å². The van der Waals surface area contributed by atoms with Crippen LogP contribution in [0.2, 0.25) is 0 Å². The number of aryl methyl sites for hydroxylation is 1. The third kappa shape index (κ3) is 3.02. The van der Waals surface area contributed by atoms with E-state index >= 15 is 0 Å². The quantitative estimate of drug-likeness (QED) is 0.873. The van der Waals surface area contributed by atoms with E-state index in [-0.39, 0.29) is 0 Å². The van der Waals surface area contributed by atoms with Gasteiger partial charge in [0.05, 0.1) is 6.04 Å². The monoisotopic (exact) mass is 255 g/mol. The smallest absolute Gasteiger partial charge is 0.0535 e. The second-order valence-electron chi connectivity index (χ2n) is 4.39. The zero-order valence-corrected chi connectivity index (χ0v) is 11.8. The fourth-order valence-electron chi connectivity index (χ4n) is 2.28. The molecule has 0 spiro atoms. The zero-order chi connectivity index (χ0) is 11.4. The van der Waals surface area contributed by atoms with Crippen molar-refractivity contribution in [2.75, 3.05) is 12.3 Å². The van der Waals surface area contributed by atoms with Crippen molar-refractivity contribution in [3.05, 3.63) is 21.9 Å². The van der Waals surface area contributed by atoms with E-state index in [1.165, 1.54) is 34.8 Å². The van der Waals surface area contributed by atoms with E-state index in [2.05, 4.69) is 43.1 Å². The molecule has 2 rings (SSSR count). The summed E-state index contributed by atoms with van der Waals surface area (Å²) in [5.41, 5.74) is 0. The molecule has 1 aliphatic heterocycles. The molecule has 1 fully saturated rings. The van der Waals surface area contributed by atoms with Crippen molar-refractivity contribution in [2.45, 2.75) is 44.4 Å². The van der Waals surface area contributed by atoms with Gasteiger partial charge in [0.2, 0.25) is 0 Å². The Bertz CT molecular complexity index is 315. The number of thiophene rings is 1. The standard InChI is InChI=1S/C13H21NS2/c1-3-14-13(11-6-4-5-9-15-11)12-8-7-10(2)16-12/h7-8,11,13-14H,3-6,9H2,1-2H3. The molecule has 2 heterocycles. The van der Waals surface area contributed by atoms with Crippen LogP contribution in [-0.2, 0) is 0 Å². The maximum atomic E-state index is 3.67. The Labute approximate surface area is 107 Å². The van der Waals surface area contributed by atoms with Gasteiger partial charge in [-0.25, -0.2) is 0 Å². The number of nitrogens with one attached hydrogen (secondary N) is 1. The Morgan fingerprint density at radius 2 is 2.31 bits per heavy atom. The molecule has 16 heavy (non-hydrogen) atoms. The van der Waals surface area contributed by atoms with Gasteiger partial charge < -0.3 is 5.32 Å². The summed E-state index contributed by atoms with van der Waals surface area (Å²) in [6.07, 6.45) is 4.19. The normalized spacial score (nSPS) is 23.2. The molecule has 0 amide bonds. The van der Waals surface area contributed by atoms with E-state index in [0.29, 0.717) is 6.04 Å². The molecule has 0 bridgehead atoms. The molecule has 2 unspecified atom stereocenters. The minimum absolute atomic E-state index is 0.578. The first-order valence-corrected chi connectivity index (χ1v) is 8.09. The summed E-state index contributed by atoms with van der Waals surface area (Å²) >= 11 is 4.11. The number of hydrogen-bond acceptors (Lipinski definition) is 3. The minimum atomic E-state index is 0.578. The highest BCUT2D eigenvalue weighted by atomic mass is 32.2. The van der Waals surface area contributed by atoms with Crippen LogP contribution in [0.15, 0.2) is 12.1 Å². The van der Waals surface area contributed by atoms with Crippen molar-refractivity contribution in [3.8, 4) is 0 Å². The Morgan fingerprint density at radius 1 is 1.44 bits per heavy atom. The fraction of sp³-hybridized carbons (Fsp3) is 0.692. The van der Waals surface area contributed by atoms with Crippen LogP contribution >= 0.6 is 23.1 Å². The summed E-state index contributed by atoms with van der Waals surface area (Å²) < 4.78 is 0. The van der Waals surface area contributed by atoms with Crippen LogP contribution in [0.25, 0.3) is 0 Å². The average Bonchev–Trinajstić information content (AvgIpc) is 2.74. The maximum absolute atomic E-state index is 3.67. The summed E-state index contributed by atoms with van der Waals surface area (Å²) in [6, 6.07) is 5.13. The minimum Gasteiger partial charge on any atom is -0.309 e. The highest BCUT2D eigenvalue weighted by Gasteiger charge is 2.25. The van der Waals surface area contributed by atoms with Gasteiger partial charge in [0.15, 0.2) is 0 Å². The van der Waals surface area contributed by atoms with Crippen LogP contribution in [0.3, 0.4) is 0 Å². The summed E-state index contributed by atoms with van der Waals surface area (Å²) in [6.45, 7) is 5.48. The van der Waals surface area contributed by atoms with Crippen LogP contribution in [0.5, 0.6) is 0 Å². The van der Waals surface area contributed by atoms with Gasteiger partial charge in [0.1, 0.15) is 0 Å². The Hall–Kier alpha value is 0.01000. The summed E-state index contributed by atoms with van der Waals surface area (Å²) in [4.78, 5) is 2.96. The van der Waals surface area contributed by atoms with Gasteiger partial charge in [-0.1, -0.05) is 13.3 Å². The van der Waals surface area contributed by atoms with Gasteiger partial charge in [0, 0.05) is 15.0 Å². The third-order valence-electron chi connectivity index (χ3n) is 3.08. The molecule has 2 atom stereocenters. The lowest BCUT2D eigenvalue weighted by Gasteiger charge is -2.29. The maximum Gasteiger partial charge on any atom is 0.0535 e. The molecule has 1 aliphatic rings. The first kappa shape index (κ1) is 12.5. The van der Waals surface area contributed by atoms with Crippen LogP contribution in [-0.4, -0.2) is 17.5 Å². The van der Waals surface area contributed by atoms with Crippen molar-refractivity contribution in [1.29, 1.82) is 0 Å². The summed E-state index contributed by atoms with van der Waals surface area (Å²) in [7, 11) is 0. The van der Waals surface area contributed by atoms with E-state index in [4.69, 9.17) is 0 Å². The highest BCUT2D eigenvalue weighted by Crippen LogP contribution is 2.37. The van der Waals surface area contributed by atoms with Crippen molar-refractivity contribution < 1.29 is 0 Å². The first-order chi connectivity index (χ1) is 7.81. The van der Waals surface area contributed by atoms with Crippen LogP contribution in [0, 0.1) is 6.92 Å². The lowest BCUT2D eigenvalue weighted by molar-refractivity contribution is 0.497. The predicted octanol–water partition coefficient (Wildman–Crippen LogP) is 3.99. The molecule has 90 valence electrons. The molecule has 1 nitrogen and oxygen atoms in total. The van der Waals surface area contributed by atoms with Crippen molar-refractivity contribution in [2.24, 2.45) is 0 Å². The van der Waals surface area contributed by atoms with Gasteiger partial charge in [-0.15, -0.1) is 11.3 Å². The second kappa shape index (κ2) is 6.08. The lowest BCUT2D eigenvalue weighted by atomic mass is 10.1. The molecule has 0 saturated carbocycles. The van der Waals surface area contributed by atoms with E-state index in [0.717, 1.165) is 11.8 Å². The molecule has 0 aliphatic carbocycles. The van der Waals surface area contributed by atoms with E-state index in [1.807, 2.05) is 11.3 Å². The molecule has 0 aromatic carbocycles. The SMILES string of the molecule is CCNC(c1ccc(C)s1)C1CCCCS1. The molecule has 0 radical (unpaired) electrons. The average molecular weight is 255 g/mol. The van der Waals surface area contributed by atoms with Crippen molar-refractivity contribution >= 4 is 23.1 Å². The molecule has 1 saturated heterocycles. The Morgan fingerprint density at radius 3 is 2.88 bits per heavy atom. The first-order valence-electron chi connectivity index (χ1n) is 6.22. The van der Waals surface area contributed by atoms with E-state index < -0.39 is 0 Å². The van der Waals surface area contributed by atoms with E-state index in [1.54, 1.807) is 0 Å². The topological polar surface area (TPSA) is 12.0 Å². The van der Waals surface area contributed by atoms with Crippen molar-refractivity contribution in [1.82, 2.24) is 5.32 Å². The summed E-state index contributed by atoms with van der Waals surface area (Å²) in [5, 5.41) is 4.46. The Balaban J connectivity index is 2.09.